The van der Waals surface area contributed by atoms with Gasteiger partial charge in [0.25, 0.3) is 0 Å². The molecule has 0 unspecified atom stereocenters. The molecule has 0 bridgehead atoms. The Bertz CT molecular complexity index is 150. The molecular weight excluding hydrogens is 134 g/mol. The van der Waals surface area contributed by atoms with Crippen molar-refractivity contribution in [3.63, 3.8) is 0 Å². The zero-order valence-corrected chi connectivity index (χ0v) is 8.15. The van der Waals surface area contributed by atoms with E-state index in [1.165, 1.54) is 24.1 Å². The molecule has 0 aromatic carbocycles. The number of hydrogen-bond acceptors (Lipinski definition) is 1. The Morgan fingerprint density at radius 3 is 2.36 bits per heavy atom. The lowest BCUT2D eigenvalue weighted by molar-refractivity contribution is 0.822. The van der Waals surface area contributed by atoms with Crippen LogP contribution < -0.4 is 0 Å². The fourth-order valence-electron chi connectivity index (χ4n) is 0.805. The smallest absolute Gasteiger partial charge is 0.0391 e. The van der Waals surface area contributed by atoms with Gasteiger partial charge in [-0.25, -0.2) is 0 Å². The Morgan fingerprint density at radius 1 is 1.27 bits per heavy atom. The third-order valence-corrected chi connectivity index (χ3v) is 1.65. The quantitative estimate of drug-likeness (QED) is 0.334. The maximum Gasteiger partial charge on any atom is 0.0391 e. The van der Waals surface area contributed by atoms with Crippen molar-refractivity contribution in [1.82, 2.24) is 0 Å². The highest BCUT2D eigenvalue weighted by Gasteiger charge is 1.87. The van der Waals surface area contributed by atoms with Gasteiger partial charge in [-0.2, -0.15) is 0 Å². The molecule has 0 rings (SSSR count). The van der Waals surface area contributed by atoms with Crippen LogP contribution in [0.2, 0.25) is 0 Å². The second-order valence-electron chi connectivity index (χ2n) is 3.07. The molecule has 0 atom stereocenters. The topological polar surface area (TPSA) is 12.4 Å². The van der Waals surface area contributed by atoms with Crippen LogP contribution >= 0.6 is 0 Å². The van der Waals surface area contributed by atoms with Crippen molar-refractivity contribution >= 4 is 5.71 Å². The Kier molecular flexibility index (Phi) is 5.81. The van der Waals surface area contributed by atoms with Crippen molar-refractivity contribution in [3.8, 4) is 0 Å². The lowest BCUT2D eigenvalue weighted by Crippen LogP contribution is -1.87. The third-order valence-electron chi connectivity index (χ3n) is 1.65. The summed E-state index contributed by atoms with van der Waals surface area (Å²) < 4.78 is 0. The summed E-state index contributed by atoms with van der Waals surface area (Å²) in [4.78, 5) is 4.32. The minimum atomic E-state index is 0.980. The summed E-state index contributed by atoms with van der Waals surface area (Å²) in [5.74, 6) is 0. The van der Waals surface area contributed by atoms with E-state index in [1.54, 1.807) is 0 Å². The van der Waals surface area contributed by atoms with Gasteiger partial charge in [-0.1, -0.05) is 11.6 Å². The van der Waals surface area contributed by atoms with Crippen LogP contribution in [0.3, 0.4) is 0 Å². The van der Waals surface area contributed by atoms with E-state index < -0.39 is 0 Å². The molecule has 64 valence electrons. The third kappa shape index (κ3) is 7.31. The lowest BCUT2D eigenvalue weighted by Gasteiger charge is -1.97. The lowest BCUT2D eigenvalue weighted by atomic mass is 10.1. The highest BCUT2D eigenvalue weighted by molar-refractivity contribution is 5.78. The highest BCUT2D eigenvalue weighted by atomic mass is 14.7. The zero-order chi connectivity index (χ0) is 8.69. The van der Waals surface area contributed by atoms with Crippen LogP contribution in [0.4, 0.5) is 0 Å². The molecule has 0 aromatic rings. The van der Waals surface area contributed by atoms with Gasteiger partial charge in [0.2, 0.25) is 0 Å². The van der Waals surface area contributed by atoms with Gasteiger partial charge in [0.1, 0.15) is 0 Å². The van der Waals surface area contributed by atoms with Crippen LogP contribution in [0, 0.1) is 0 Å². The minimum Gasteiger partial charge on any atom is -0.295 e. The van der Waals surface area contributed by atoms with Crippen LogP contribution in [0.5, 0.6) is 0 Å². The summed E-state index contributed by atoms with van der Waals surface area (Å²) in [6.45, 7) is 9.32. The van der Waals surface area contributed by atoms with Crippen LogP contribution in [0.15, 0.2) is 16.6 Å². The number of rotatable bonds is 4. The molecule has 0 aliphatic carbocycles. The summed E-state index contributed by atoms with van der Waals surface area (Å²) in [7, 11) is 0. The molecular formula is C10H19N. The average Bonchev–Trinajstić information content (AvgIpc) is 1.97. The molecule has 0 N–H and O–H groups in total. The van der Waals surface area contributed by atoms with E-state index in [0.29, 0.717) is 0 Å². The first-order chi connectivity index (χ1) is 5.16. The molecule has 0 aliphatic rings. The van der Waals surface area contributed by atoms with Crippen molar-refractivity contribution in [2.45, 2.75) is 40.5 Å². The molecule has 0 amide bonds. The predicted molar refractivity (Wildman–Crippen MR) is 52.3 cm³/mol. The summed E-state index contributed by atoms with van der Waals surface area (Å²) in [5, 5.41) is 0. The molecule has 11 heavy (non-hydrogen) atoms. The van der Waals surface area contributed by atoms with Crippen molar-refractivity contribution in [3.05, 3.63) is 11.6 Å². The van der Waals surface area contributed by atoms with Gasteiger partial charge in [-0.15, -0.1) is 0 Å². The summed E-state index contributed by atoms with van der Waals surface area (Å²) in [5.41, 5.74) is 2.65. The van der Waals surface area contributed by atoms with E-state index in [1.807, 2.05) is 13.8 Å². The standard InChI is InChI=1S/C10H19N/c1-5-10(4)7-6-8-11-9(2)3/h5H,6-8H2,1-4H3/b10-5+. The van der Waals surface area contributed by atoms with Crippen molar-refractivity contribution in [2.75, 3.05) is 6.54 Å². The van der Waals surface area contributed by atoms with Gasteiger partial charge in [-0.05, 0) is 40.5 Å². The van der Waals surface area contributed by atoms with E-state index in [2.05, 4.69) is 24.9 Å². The fraction of sp³-hybridized carbons (Fsp3) is 0.700. The number of allylic oxidation sites excluding steroid dienone is 2. The molecule has 0 aliphatic heterocycles. The summed E-state index contributed by atoms with van der Waals surface area (Å²) in [6.07, 6.45) is 4.54. The maximum absolute atomic E-state index is 4.32. The van der Waals surface area contributed by atoms with Crippen LogP contribution in [0.1, 0.15) is 40.5 Å². The van der Waals surface area contributed by atoms with Gasteiger partial charge in [-0.3, -0.25) is 4.99 Å². The van der Waals surface area contributed by atoms with Gasteiger partial charge in [0, 0.05) is 12.3 Å². The number of aliphatic imine (C=N–C) groups is 1. The molecule has 0 saturated carbocycles. The largest absolute Gasteiger partial charge is 0.295 e. The normalized spacial score (nSPS) is 11.5. The molecule has 1 nitrogen and oxygen atoms in total. The number of hydrogen-bond donors (Lipinski definition) is 0. The van der Waals surface area contributed by atoms with Gasteiger partial charge < -0.3 is 0 Å². The second kappa shape index (κ2) is 6.14. The molecule has 0 fully saturated rings. The van der Waals surface area contributed by atoms with Crippen molar-refractivity contribution in [1.29, 1.82) is 0 Å². The monoisotopic (exact) mass is 153 g/mol. The van der Waals surface area contributed by atoms with Gasteiger partial charge in [0.15, 0.2) is 0 Å². The van der Waals surface area contributed by atoms with E-state index in [4.69, 9.17) is 0 Å². The van der Waals surface area contributed by atoms with Crippen LogP contribution in [0.25, 0.3) is 0 Å². The molecule has 0 radical (unpaired) electrons. The van der Waals surface area contributed by atoms with Gasteiger partial charge in [0.05, 0.1) is 0 Å². The molecule has 0 aromatic heterocycles. The molecule has 0 saturated heterocycles. The SMILES string of the molecule is C/C=C(\C)CCCN=C(C)C. The minimum absolute atomic E-state index is 0.980. The summed E-state index contributed by atoms with van der Waals surface area (Å²) in [6, 6.07) is 0. The fourth-order valence-corrected chi connectivity index (χ4v) is 0.805. The van der Waals surface area contributed by atoms with Crippen molar-refractivity contribution in [2.24, 2.45) is 4.99 Å². The first-order valence-corrected chi connectivity index (χ1v) is 4.26. The van der Waals surface area contributed by atoms with E-state index >= 15 is 0 Å². The Hall–Kier alpha value is -0.590. The molecule has 0 heterocycles. The van der Waals surface area contributed by atoms with E-state index in [9.17, 15) is 0 Å². The predicted octanol–water partition coefficient (Wildman–Crippen LogP) is 3.21. The number of nitrogens with zero attached hydrogens (tertiary/aromatic N) is 1. The first-order valence-electron chi connectivity index (χ1n) is 4.26. The Labute approximate surface area is 70.2 Å². The molecule has 1 heteroatoms. The molecule has 0 spiro atoms. The van der Waals surface area contributed by atoms with Gasteiger partial charge >= 0.3 is 0 Å². The highest BCUT2D eigenvalue weighted by Crippen LogP contribution is 2.02. The maximum atomic E-state index is 4.32. The van der Waals surface area contributed by atoms with Crippen LogP contribution in [-0.2, 0) is 0 Å². The van der Waals surface area contributed by atoms with Crippen LogP contribution in [-0.4, -0.2) is 12.3 Å². The Morgan fingerprint density at radius 2 is 1.91 bits per heavy atom. The second-order valence-corrected chi connectivity index (χ2v) is 3.07. The summed E-state index contributed by atoms with van der Waals surface area (Å²) >= 11 is 0. The van der Waals surface area contributed by atoms with E-state index in [0.717, 1.165) is 6.54 Å². The van der Waals surface area contributed by atoms with E-state index in [-0.39, 0.29) is 0 Å². The Balaban J connectivity index is 3.36. The average molecular weight is 153 g/mol. The zero-order valence-electron chi connectivity index (χ0n) is 8.15. The van der Waals surface area contributed by atoms with Crippen molar-refractivity contribution < 1.29 is 0 Å². The first kappa shape index (κ1) is 10.4.